The zero-order valence-electron chi connectivity index (χ0n) is 21.4. The Hall–Kier alpha value is -1.68. The Morgan fingerprint density at radius 3 is 1.97 bits per heavy atom. The van der Waals surface area contributed by atoms with Crippen LogP contribution in [0.25, 0.3) is 0 Å². The number of benzene rings is 2. The lowest BCUT2D eigenvalue weighted by Crippen LogP contribution is -3.00. The number of halogens is 1. The van der Waals surface area contributed by atoms with Crippen LogP contribution in [0.2, 0.25) is 0 Å². The van der Waals surface area contributed by atoms with Crippen molar-refractivity contribution in [1.82, 2.24) is 0 Å². The van der Waals surface area contributed by atoms with Gasteiger partial charge in [-0.1, -0.05) is 119 Å². The van der Waals surface area contributed by atoms with Crippen LogP contribution in [0.4, 0.5) is 0 Å². The number of aryl methyl sites for hydroxylation is 1. The first-order chi connectivity index (χ1) is 16.1. The van der Waals surface area contributed by atoms with E-state index in [2.05, 4.69) is 24.4 Å². The van der Waals surface area contributed by atoms with Crippen LogP contribution in [0.5, 0.6) is 0 Å². The second-order valence-corrected chi connectivity index (χ2v) is 9.54. The monoisotopic (exact) mass is 487 g/mol. The van der Waals surface area contributed by atoms with Gasteiger partial charge in [0.2, 0.25) is 0 Å². The molecule has 190 valence electrons. The van der Waals surface area contributed by atoms with Crippen molar-refractivity contribution in [3.63, 3.8) is 0 Å². The summed E-state index contributed by atoms with van der Waals surface area (Å²) in [5.74, 6) is 0.179. The zero-order valence-corrected chi connectivity index (χ0v) is 22.1. The van der Waals surface area contributed by atoms with E-state index in [1.165, 1.54) is 69.8 Å². The molecule has 2 aromatic rings. The SMILES string of the molecule is CCCCCCCCCCCCc1ccc(C(=O)CC[NH2+]C(C)C(O)c2ccccc2)cc1.[Cl-]. The molecule has 0 bridgehead atoms. The van der Waals surface area contributed by atoms with Crippen LogP contribution in [0, 0.1) is 0 Å². The van der Waals surface area contributed by atoms with E-state index in [9.17, 15) is 9.90 Å². The standard InChI is InChI=1S/C30H45NO2.ClH/c1-3-4-5-6-7-8-9-10-11-13-16-26-19-21-27(22-20-26)29(32)23-24-31-25(2)30(33)28-17-14-12-15-18-28;/h12,14-15,17-22,25,30-31,33H,3-11,13,16,23-24H2,1-2H3;1H. The van der Waals surface area contributed by atoms with E-state index in [-0.39, 0.29) is 24.2 Å². The third-order valence-electron chi connectivity index (χ3n) is 6.64. The Balaban J connectivity index is 0.00000578. The van der Waals surface area contributed by atoms with Crippen LogP contribution < -0.4 is 17.7 Å². The summed E-state index contributed by atoms with van der Waals surface area (Å²) in [6, 6.07) is 17.9. The van der Waals surface area contributed by atoms with Crippen LogP contribution in [-0.2, 0) is 6.42 Å². The van der Waals surface area contributed by atoms with E-state index in [1.807, 2.05) is 49.4 Å². The fourth-order valence-electron chi connectivity index (χ4n) is 4.38. The van der Waals surface area contributed by atoms with Crippen molar-refractivity contribution in [3.8, 4) is 0 Å². The molecule has 0 saturated heterocycles. The normalized spacial score (nSPS) is 12.7. The summed E-state index contributed by atoms with van der Waals surface area (Å²) in [4.78, 5) is 12.5. The number of aliphatic hydroxyl groups excluding tert-OH is 1. The van der Waals surface area contributed by atoms with Gasteiger partial charge in [-0.15, -0.1) is 0 Å². The van der Waals surface area contributed by atoms with E-state index < -0.39 is 6.10 Å². The molecular formula is C30H46ClNO2. The molecule has 0 amide bonds. The Bertz CT molecular complexity index is 763. The van der Waals surface area contributed by atoms with Gasteiger partial charge < -0.3 is 22.8 Å². The number of unbranched alkanes of at least 4 members (excludes halogenated alkanes) is 9. The Labute approximate surface area is 214 Å². The van der Waals surface area contributed by atoms with Gasteiger partial charge in [0.25, 0.3) is 0 Å². The summed E-state index contributed by atoms with van der Waals surface area (Å²) in [5, 5.41) is 12.5. The minimum Gasteiger partial charge on any atom is -1.00 e. The Morgan fingerprint density at radius 2 is 1.38 bits per heavy atom. The molecule has 0 aliphatic carbocycles. The van der Waals surface area contributed by atoms with Crippen LogP contribution in [0.1, 0.15) is 112 Å². The molecule has 2 aromatic carbocycles. The van der Waals surface area contributed by atoms with Crippen molar-refractivity contribution < 1.29 is 27.6 Å². The van der Waals surface area contributed by atoms with Gasteiger partial charge in [-0.25, -0.2) is 0 Å². The first-order valence-electron chi connectivity index (χ1n) is 13.3. The number of carbonyl (C=O) groups excluding carboxylic acids is 1. The number of Topliss-reactive ketones (excluding diaryl/α,β-unsaturated/α-hetero) is 1. The molecule has 2 atom stereocenters. The molecule has 0 aliphatic rings. The van der Waals surface area contributed by atoms with Crippen LogP contribution in [-0.4, -0.2) is 23.5 Å². The Kier molecular flexibility index (Phi) is 16.6. The van der Waals surface area contributed by atoms with Crippen LogP contribution in [0.15, 0.2) is 54.6 Å². The number of hydrogen-bond donors (Lipinski definition) is 2. The lowest BCUT2D eigenvalue weighted by molar-refractivity contribution is -0.693. The predicted octanol–water partition coefficient (Wildman–Crippen LogP) is 3.41. The summed E-state index contributed by atoms with van der Waals surface area (Å²) in [6.45, 7) is 4.96. The van der Waals surface area contributed by atoms with Gasteiger partial charge in [0.1, 0.15) is 12.1 Å². The van der Waals surface area contributed by atoms with Crippen LogP contribution >= 0.6 is 0 Å². The molecule has 0 radical (unpaired) electrons. The van der Waals surface area contributed by atoms with Crippen molar-refractivity contribution in [3.05, 3.63) is 71.3 Å². The second kappa shape index (κ2) is 18.6. The highest BCUT2D eigenvalue weighted by atomic mass is 35.5. The maximum absolute atomic E-state index is 12.5. The summed E-state index contributed by atoms with van der Waals surface area (Å²) in [5.41, 5.74) is 3.05. The number of aliphatic hydroxyl groups is 1. The highest BCUT2D eigenvalue weighted by molar-refractivity contribution is 5.96. The molecule has 2 unspecified atom stereocenters. The number of hydrogen-bond acceptors (Lipinski definition) is 2. The minimum absolute atomic E-state index is 0. The molecule has 34 heavy (non-hydrogen) atoms. The van der Waals surface area contributed by atoms with E-state index in [0.29, 0.717) is 13.0 Å². The summed E-state index contributed by atoms with van der Waals surface area (Å²) in [7, 11) is 0. The zero-order chi connectivity index (χ0) is 23.7. The summed E-state index contributed by atoms with van der Waals surface area (Å²) >= 11 is 0. The van der Waals surface area contributed by atoms with Crippen molar-refractivity contribution in [2.45, 2.75) is 103 Å². The fourth-order valence-corrected chi connectivity index (χ4v) is 4.38. The summed E-state index contributed by atoms with van der Waals surface area (Å²) < 4.78 is 0. The maximum atomic E-state index is 12.5. The molecule has 2 rings (SSSR count). The van der Waals surface area contributed by atoms with Crippen molar-refractivity contribution in [2.24, 2.45) is 0 Å². The highest BCUT2D eigenvalue weighted by Gasteiger charge is 2.19. The topological polar surface area (TPSA) is 53.9 Å². The van der Waals surface area contributed by atoms with Gasteiger partial charge >= 0.3 is 0 Å². The number of rotatable bonds is 18. The Morgan fingerprint density at radius 1 is 0.824 bits per heavy atom. The quantitative estimate of drug-likeness (QED) is 0.250. The molecule has 0 aliphatic heterocycles. The average molecular weight is 488 g/mol. The van der Waals surface area contributed by atoms with Gasteiger partial charge in [-0.3, -0.25) is 4.79 Å². The first-order valence-corrected chi connectivity index (χ1v) is 13.3. The number of ketones is 1. The molecule has 4 heteroatoms. The largest absolute Gasteiger partial charge is 1.00 e. The van der Waals surface area contributed by atoms with Gasteiger partial charge in [-0.2, -0.15) is 0 Å². The second-order valence-electron chi connectivity index (χ2n) is 9.54. The lowest BCUT2D eigenvalue weighted by Gasteiger charge is -2.17. The van der Waals surface area contributed by atoms with Crippen molar-refractivity contribution >= 4 is 5.78 Å². The van der Waals surface area contributed by atoms with Crippen LogP contribution in [0.3, 0.4) is 0 Å². The molecular weight excluding hydrogens is 442 g/mol. The van der Waals surface area contributed by atoms with E-state index in [1.54, 1.807) is 0 Å². The molecule has 0 saturated carbocycles. The first kappa shape index (κ1) is 30.4. The van der Waals surface area contributed by atoms with E-state index >= 15 is 0 Å². The lowest BCUT2D eigenvalue weighted by atomic mass is 10.0. The highest BCUT2D eigenvalue weighted by Crippen LogP contribution is 2.15. The molecule has 3 N–H and O–H groups in total. The molecule has 0 fully saturated rings. The third-order valence-corrected chi connectivity index (χ3v) is 6.64. The van der Waals surface area contributed by atoms with Gasteiger partial charge in [0.05, 0.1) is 13.0 Å². The third kappa shape index (κ3) is 12.1. The minimum atomic E-state index is -0.522. The number of carbonyl (C=O) groups is 1. The van der Waals surface area contributed by atoms with Gasteiger partial charge in [0, 0.05) is 5.56 Å². The van der Waals surface area contributed by atoms with Crippen molar-refractivity contribution in [2.75, 3.05) is 6.54 Å². The van der Waals surface area contributed by atoms with E-state index in [4.69, 9.17) is 0 Å². The maximum Gasteiger partial charge on any atom is 0.168 e. The predicted molar refractivity (Wildman–Crippen MR) is 139 cm³/mol. The number of quaternary nitrogens is 1. The average Bonchev–Trinajstić information content (AvgIpc) is 2.85. The van der Waals surface area contributed by atoms with Gasteiger partial charge in [0.15, 0.2) is 5.78 Å². The van der Waals surface area contributed by atoms with Crippen molar-refractivity contribution in [1.29, 1.82) is 0 Å². The van der Waals surface area contributed by atoms with E-state index in [0.717, 1.165) is 17.5 Å². The summed E-state index contributed by atoms with van der Waals surface area (Å²) in [6.07, 6.45) is 14.7. The molecule has 0 spiro atoms. The fraction of sp³-hybridized carbons (Fsp3) is 0.567. The molecule has 0 aromatic heterocycles. The van der Waals surface area contributed by atoms with Gasteiger partial charge in [-0.05, 0) is 30.9 Å². The molecule has 3 nitrogen and oxygen atoms in total. The smallest absolute Gasteiger partial charge is 0.168 e. The number of nitrogens with two attached hydrogens (primary N) is 1. The molecule has 0 heterocycles.